The predicted molar refractivity (Wildman–Crippen MR) is 132 cm³/mol. The first-order chi connectivity index (χ1) is 15.4. The average molecular weight is 407 g/mol. The highest BCUT2D eigenvalue weighted by Crippen LogP contribution is 2.31. The van der Waals surface area contributed by atoms with Gasteiger partial charge in [0.15, 0.2) is 0 Å². The summed E-state index contributed by atoms with van der Waals surface area (Å²) in [6.07, 6.45) is 7.15. The predicted octanol–water partition coefficient (Wildman–Crippen LogP) is 6.95. The second-order valence-electron chi connectivity index (χ2n) is 8.49. The fourth-order valence-electron chi connectivity index (χ4n) is 4.78. The zero-order valence-corrected chi connectivity index (χ0v) is 18.1. The molecule has 0 aliphatic carbocycles. The number of fused-ring (bicyclic) bond motifs is 1. The minimum absolute atomic E-state index is 1.08. The van der Waals surface area contributed by atoms with Crippen LogP contribution in [-0.4, -0.2) is 29.5 Å². The van der Waals surface area contributed by atoms with E-state index in [1.165, 1.54) is 64.8 Å². The fourth-order valence-corrected chi connectivity index (χ4v) is 4.78. The van der Waals surface area contributed by atoms with Crippen molar-refractivity contribution in [3.63, 3.8) is 0 Å². The number of H-pyrrole nitrogens is 1. The van der Waals surface area contributed by atoms with Crippen molar-refractivity contribution in [2.45, 2.75) is 25.7 Å². The van der Waals surface area contributed by atoms with Crippen molar-refractivity contribution in [1.29, 1.82) is 0 Å². The van der Waals surface area contributed by atoms with Gasteiger partial charge >= 0.3 is 0 Å². The summed E-state index contributed by atoms with van der Waals surface area (Å²) in [6, 6.07) is 30.3. The number of hydrogen-bond donors (Lipinski definition) is 1. The van der Waals surface area contributed by atoms with Gasteiger partial charge < -0.3 is 4.98 Å². The van der Waals surface area contributed by atoms with Gasteiger partial charge in [-0.3, -0.25) is 4.90 Å². The van der Waals surface area contributed by atoms with E-state index in [0.717, 1.165) is 19.4 Å². The van der Waals surface area contributed by atoms with E-state index < -0.39 is 0 Å². The van der Waals surface area contributed by atoms with Crippen LogP contribution in [0.1, 0.15) is 30.4 Å². The van der Waals surface area contributed by atoms with Crippen molar-refractivity contribution in [3.8, 4) is 11.3 Å². The molecule has 156 valence electrons. The van der Waals surface area contributed by atoms with Crippen LogP contribution in [0.4, 0.5) is 0 Å². The number of aromatic nitrogens is 1. The number of nitrogens with zero attached hydrogens (tertiary/aromatic N) is 1. The van der Waals surface area contributed by atoms with Gasteiger partial charge in [-0.05, 0) is 60.6 Å². The van der Waals surface area contributed by atoms with E-state index in [0.29, 0.717) is 0 Å². The monoisotopic (exact) mass is 406 g/mol. The Morgan fingerprint density at radius 3 is 2.19 bits per heavy atom. The number of unbranched alkanes of at least 4 members (excludes halogenated alkanes) is 1. The number of nitrogens with one attached hydrogen (secondary N) is 1. The lowest BCUT2D eigenvalue weighted by atomic mass is 9.98. The molecule has 3 aromatic carbocycles. The molecule has 31 heavy (non-hydrogen) atoms. The Bertz CT molecular complexity index is 1160. The van der Waals surface area contributed by atoms with Crippen LogP contribution < -0.4 is 0 Å². The molecular formula is C29H30N2. The molecule has 2 heterocycles. The smallest absolute Gasteiger partial charge is 0.0497 e. The minimum Gasteiger partial charge on any atom is -0.354 e. The summed E-state index contributed by atoms with van der Waals surface area (Å²) in [6.45, 7) is 3.43. The third-order valence-corrected chi connectivity index (χ3v) is 6.47. The molecule has 0 radical (unpaired) electrons. The zero-order valence-electron chi connectivity index (χ0n) is 18.1. The topological polar surface area (TPSA) is 19.0 Å². The maximum absolute atomic E-state index is 3.67. The fraction of sp³-hybridized carbons (Fsp3) is 0.241. The van der Waals surface area contributed by atoms with Crippen LogP contribution in [-0.2, 0) is 6.42 Å². The molecule has 0 saturated heterocycles. The van der Waals surface area contributed by atoms with Gasteiger partial charge in [-0.15, -0.1) is 0 Å². The van der Waals surface area contributed by atoms with Gasteiger partial charge in [-0.25, -0.2) is 0 Å². The van der Waals surface area contributed by atoms with E-state index in [2.05, 4.69) is 101 Å². The Morgan fingerprint density at radius 1 is 0.742 bits per heavy atom. The normalized spacial score (nSPS) is 14.6. The summed E-state index contributed by atoms with van der Waals surface area (Å²) in [5.41, 5.74) is 8.16. The SMILES string of the molecule is C1=C(c2ccccc2)CCN(CCCCc2c(-c3ccccc3)[nH]c3ccccc23)C1. The van der Waals surface area contributed by atoms with Crippen LogP contribution >= 0.6 is 0 Å². The highest BCUT2D eigenvalue weighted by molar-refractivity contribution is 5.90. The summed E-state index contributed by atoms with van der Waals surface area (Å²) < 4.78 is 0. The standard InChI is InChI=1S/C29H30N2/c1-3-11-23(12-4-1)24-18-21-31(22-19-24)20-10-9-16-27-26-15-7-8-17-28(26)30-29(27)25-13-5-2-6-14-25/h1-8,11-15,17-18,30H,9-10,16,19-22H2. The molecule has 1 aliphatic rings. The van der Waals surface area contributed by atoms with Crippen molar-refractivity contribution < 1.29 is 0 Å². The molecule has 5 rings (SSSR count). The van der Waals surface area contributed by atoms with Crippen LogP contribution in [0.5, 0.6) is 0 Å². The maximum atomic E-state index is 3.67. The molecule has 0 spiro atoms. The van der Waals surface area contributed by atoms with Crippen molar-refractivity contribution in [2.75, 3.05) is 19.6 Å². The van der Waals surface area contributed by atoms with E-state index >= 15 is 0 Å². The molecule has 2 nitrogen and oxygen atoms in total. The van der Waals surface area contributed by atoms with E-state index in [1.807, 2.05) is 0 Å². The quantitative estimate of drug-likeness (QED) is 0.329. The Hall–Kier alpha value is -3.10. The highest BCUT2D eigenvalue weighted by atomic mass is 15.1. The van der Waals surface area contributed by atoms with E-state index in [-0.39, 0.29) is 0 Å². The van der Waals surface area contributed by atoms with Gasteiger partial charge in [0.1, 0.15) is 0 Å². The lowest BCUT2D eigenvalue weighted by Gasteiger charge is -2.26. The molecule has 1 N–H and O–H groups in total. The van der Waals surface area contributed by atoms with Gasteiger partial charge in [-0.1, -0.05) is 84.9 Å². The van der Waals surface area contributed by atoms with Gasteiger partial charge in [0.05, 0.1) is 0 Å². The van der Waals surface area contributed by atoms with E-state index in [9.17, 15) is 0 Å². The van der Waals surface area contributed by atoms with Crippen LogP contribution in [0, 0.1) is 0 Å². The highest BCUT2D eigenvalue weighted by Gasteiger charge is 2.14. The van der Waals surface area contributed by atoms with Crippen molar-refractivity contribution in [2.24, 2.45) is 0 Å². The van der Waals surface area contributed by atoms with Crippen LogP contribution in [0.15, 0.2) is 91.0 Å². The molecule has 0 saturated carbocycles. The zero-order chi connectivity index (χ0) is 20.9. The summed E-state index contributed by atoms with van der Waals surface area (Å²) >= 11 is 0. The first kappa shape index (κ1) is 19.8. The Kier molecular flexibility index (Phi) is 5.99. The van der Waals surface area contributed by atoms with Crippen molar-refractivity contribution in [3.05, 3.63) is 102 Å². The maximum Gasteiger partial charge on any atom is 0.0497 e. The van der Waals surface area contributed by atoms with Gasteiger partial charge in [0.25, 0.3) is 0 Å². The van der Waals surface area contributed by atoms with Crippen LogP contribution in [0.25, 0.3) is 27.7 Å². The molecule has 1 aromatic heterocycles. The van der Waals surface area contributed by atoms with Gasteiger partial charge in [0.2, 0.25) is 0 Å². The second-order valence-corrected chi connectivity index (χ2v) is 8.49. The number of aromatic amines is 1. The second kappa shape index (κ2) is 9.36. The number of aryl methyl sites for hydroxylation is 1. The molecule has 0 amide bonds. The molecule has 0 fully saturated rings. The first-order valence-electron chi connectivity index (χ1n) is 11.5. The summed E-state index contributed by atoms with van der Waals surface area (Å²) in [7, 11) is 0. The molecule has 0 bridgehead atoms. The number of rotatable bonds is 7. The molecule has 4 aromatic rings. The third kappa shape index (κ3) is 4.50. The van der Waals surface area contributed by atoms with Crippen molar-refractivity contribution >= 4 is 16.5 Å². The lowest BCUT2D eigenvalue weighted by molar-refractivity contribution is 0.295. The number of hydrogen-bond acceptors (Lipinski definition) is 1. The van der Waals surface area contributed by atoms with Gasteiger partial charge in [-0.2, -0.15) is 0 Å². The summed E-state index contributed by atoms with van der Waals surface area (Å²) in [5, 5.41) is 1.37. The molecule has 0 atom stereocenters. The van der Waals surface area contributed by atoms with Crippen LogP contribution in [0.2, 0.25) is 0 Å². The summed E-state index contributed by atoms with van der Waals surface area (Å²) in [5.74, 6) is 0. The lowest BCUT2D eigenvalue weighted by Crippen LogP contribution is -2.29. The number of benzene rings is 3. The Morgan fingerprint density at radius 2 is 1.45 bits per heavy atom. The molecule has 0 unspecified atom stereocenters. The minimum atomic E-state index is 1.08. The largest absolute Gasteiger partial charge is 0.354 e. The molecule has 2 heteroatoms. The first-order valence-corrected chi connectivity index (χ1v) is 11.5. The Labute approximate surface area is 185 Å². The third-order valence-electron chi connectivity index (χ3n) is 6.47. The van der Waals surface area contributed by atoms with Crippen LogP contribution in [0.3, 0.4) is 0 Å². The Balaban J connectivity index is 1.21. The average Bonchev–Trinajstić information content (AvgIpc) is 3.22. The molecular weight excluding hydrogens is 376 g/mol. The van der Waals surface area contributed by atoms with Crippen molar-refractivity contribution in [1.82, 2.24) is 9.88 Å². The number of para-hydroxylation sites is 1. The summed E-state index contributed by atoms with van der Waals surface area (Å²) in [4.78, 5) is 6.27. The van der Waals surface area contributed by atoms with E-state index in [4.69, 9.17) is 0 Å². The van der Waals surface area contributed by atoms with Gasteiger partial charge in [0, 0.05) is 29.7 Å². The van der Waals surface area contributed by atoms with E-state index in [1.54, 1.807) is 0 Å². The molecule has 1 aliphatic heterocycles.